The Balaban J connectivity index is 1.51. The van der Waals surface area contributed by atoms with Crippen LogP contribution in [0, 0.1) is 41.5 Å². The number of rotatable bonds is 14. The number of unbranched alkanes of at least 4 members (excludes halogenated alkanes) is 6. The summed E-state index contributed by atoms with van der Waals surface area (Å²) >= 11 is 0. The smallest absolute Gasteiger partial charge is 0.0654 e. The van der Waals surface area contributed by atoms with Crippen LogP contribution >= 0.6 is 0 Å². The van der Waals surface area contributed by atoms with Gasteiger partial charge in [0, 0.05) is 0 Å². The second kappa shape index (κ2) is 16.6. The van der Waals surface area contributed by atoms with Gasteiger partial charge in [0.2, 0.25) is 0 Å². The standard InChI is InChI=1S/C55H62/c1-9-11-13-15-18-43-22-26-47(27-23-43)55(48-21-17-20-44(34-48)19-16-14-12-10-2)51-35-45(53-39(5)30-37(3)31-40(53)6)24-28-49(51)50-29-25-46(36-52(50)55)54-41(7)32-38(4)33-42(54)8/h17,20-36H,9-16,18-19H2,1-8H3. The van der Waals surface area contributed by atoms with E-state index in [1.807, 2.05) is 0 Å². The Labute approximate surface area is 333 Å². The fourth-order valence-electron chi connectivity index (χ4n) is 10.1. The van der Waals surface area contributed by atoms with Gasteiger partial charge in [-0.3, -0.25) is 0 Å². The first-order valence-electron chi connectivity index (χ1n) is 21.3. The lowest BCUT2D eigenvalue weighted by atomic mass is 9.66. The Morgan fingerprint density at radius 1 is 0.400 bits per heavy atom. The molecule has 0 radical (unpaired) electrons. The molecular weight excluding hydrogens is 661 g/mol. The van der Waals surface area contributed by atoms with Crippen LogP contribution < -0.4 is 0 Å². The van der Waals surface area contributed by atoms with Crippen LogP contribution in [0.2, 0.25) is 0 Å². The molecular formula is C55H62. The second-order valence-electron chi connectivity index (χ2n) is 16.8. The van der Waals surface area contributed by atoms with Crippen molar-refractivity contribution in [1.82, 2.24) is 0 Å². The molecule has 0 nitrogen and oxygen atoms in total. The fraction of sp³-hybridized carbons (Fsp3) is 0.345. The van der Waals surface area contributed by atoms with Crippen molar-refractivity contribution >= 4 is 0 Å². The third-order valence-corrected chi connectivity index (χ3v) is 12.5. The van der Waals surface area contributed by atoms with Gasteiger partial charge < -0.3 is 0 Å². The molecule has 6 aromatic carbocycles. The van der Waals surface area contributed by atoms with Crippen molar-refractivity contribution in [1.29, 1.82) is 0 Å². The lowest BCUT2D eigenvalue weighted by molar-refractivity contribution is 0.665. The Bertz CT molecular complexity index is 2140. The molecule has 0 saturated heterocycles. The molecule has 6 aromatic rings. The van der Waals surface area contributed by atoms with Gasteiger partial charge in [0.25, 0.3) is 0 Å². The molecule has 0 aromatic heterocycles. The Morgan fingerprint density at radius 2 is 0.873 bits per heavy atom. The molecule has 0 aliphatic heterocycles. The summed E-state index contributed by atoms with van der Waals surface area (Å²) in [6.45, 7) is 18.2. The molecule has 7 rings (SSSR count). The van der Waals surface area contributed by atoms with E-state index in [0.717, 1.165) is 12.8 Å². The van der Waals surface area contributed by atoms with E-state index in [1.165, 1.54) is 152 Å². The molecule has 0 spiro atoms. The predicted molar refractivity (Wildman–Crippen MR) is 239 cm³/mol. The zero-order valence-corrected chi connectivity index (χ0v) is 35.0. The topological polar surface area (TPSA) is 0 Å². The number of aryl methyl sites for hydroxylation is 8. The van der Waals surface area contributed by atoms with Crippen molar-refractivity contribution in [3.8, 4) is 33.4 Å². The van der Waals surface area contributed by atoms with E-state index in [-0.39, 0.29) is 0 Å². The Hall–Kier alpha value is -4.68. The highest BCUT2D eigenvalue weighted by Gasteiger charge is 2.46. The van der Waals surface area contributed by atoms with Crippen LogP contribution in [0.3, 0.4) is 0 Å². The molecule has 0 bridgehead atoms. The van der Waals surface area contributed by atoms with E-state index in [1.54, 1.807) is 0 Å². The number of hydrogen-bond donors (Lipinski definition) is 0. The first-order valence-corrected chi connectivity index (χ1v) is 21.3. The minimum absolute atomic E-state index is 0.476. The van der Waals surface area contributed by atoms with E-state index < -0.39 is 5.41 Å². The van der Waals surface area contributed by atoms with Crippen LogP contribution in [0.4, 0.5) is 0 Å². The van der Waals surface area contributed by atoms with Crippen LogP contribution in [0.1, 0.15) is 132 Å². The molecule has 282 valence electrons. The maximum Gasteiger partial charge on any atom is 0.0714 e. The second-order valence-corrected chi connectivity index (χ2v) is 16.8. The number of hydrogen-bond acceptors (Lipinski definition) is 0. The van der Waals surface area contributed by atoms with Crippen molar-refractivity contribution < 1.29 is 0 Å². The van der Waals surface area contributed by atoms with Crippen molar-refractivity contribution in [3.05, 3.63) is 176 Å². The maximum atomic E-state index is 2.56. The van der Waals surface area contributed by atoms with Crippen molar-refractivity contribution in [2.75, 3.05) is 0 Å². The van der Waals surface area contributed by atoms with Crippen molar-refractivity contribution in [2.45, 2.75) is 125 Å². The first-order chi connectivity index (χ1) is 26.6. The summed E-state index contributed by atoms with van der Waals surface area (Å²) in [4.78, 5) is 0. The summed E-state index contributed by atoms with van der Waals surface area (Å²) in [6.07, 6.45) is 12.5. The molecule has 0 heteroatoms. The first kappa shape index (κ1) is 38.6. The zero-order chi connectivity index (χ0) is 38.7. The maximum absolute atomic E-state index is 2.56. The van der Waals surface area contributed by atoms with E-state index in [9.17, 15) is 0 Å². The normalized spacial score (nSPS) is 12.9. The van der Waals surface area contributed by atoms with Crippen molar-refractivity contribution in [3.63, 3.8) is 0 Å². The Kier molecular flexibility index (Phi) is 11.6. The molecule has 0 fully saturated rings. The van der Waals surface area contributed by atoms with E-state index in [0.29, 0.717) is 0 Å². The lowest BCUT2D eigenvalue weighted by Gasteiger charge is -2.35. The highest BCUT2D eigenvalue weighted by molar-refractivity contribution is 5.91. The van der Waals surface area contributed by atoms with Gasteiger partial charge in [-0.15, -0.1) is 0 Å². The quantitative estimate of drug-likeness (QED) is 0.0981. The van der Waals surface area contributed by atoms with Crippen LogP contribution in [0.25, 0.3) is 33.4 Å². The molecule has 0 unspecified atom stereocenters. The lowest BCUT2D eigenvalue weighted by Crippen LogP contribution is -2.29. The SMILES string of the molecule is CCCCCCc1ccc(C2(c3cccc(CCCCCC)c3)c3cc(-c4c(C)cc(C)cc4C)ccc3-c3ccc(-c4c(C)cc(C)cc4C)cc32)cc1. The Morgan fingerprint density at radius 3 is 1.35 bits per heavy atom. The zero-order valence-electron chi connectivity index (χ0n) is 35.0. The summed E-state index contributed by atoms with van der Waals surface area (Å²) in [7, 11) is 0. The van der Waals surface area contributed by atoms with E-state index in [4.69, 9.17) is 0 Å². The summed E-state index contributed by atoms with van der Waals surface area (Å²) in [5.74, 6) is 0. The third-order valence-electron chi connectivity index (χ3n) is 12.5. The number of fused-ring (bicyclic) bond motifs is 3. The van der Waals surface area contributed by atoms with Crippen LogP contribution in [-0.4, -0.2) is 0 Å². The van der Waals surface area contributed by atoms with Crippen LogP contribution in [0.5, 0.6) is 0 Å². The fourth-order valence-corrected chi connectivity index (χ4v) is 10.1. The number of benzene rings is 6. The van der Waals surface area contributed by atoms with Crippen LogP contribution in [-0.2, 0) is 18.3 Å². The summed E-state index contributed by atoms with van der Waals surface area (Å²) in [5, 5.41) is 0. The monoisotopic (exact) mass is 722 g/mol. The molecule has 55 heavy (non-hydrogen) atoms. The average Bonchev–Trinajstić information content (AvgIpc) is 3.44. The van der Waals surface area contributed by atoms with E-state index in [2.05, 4.69) is 165 Å². The highest BCUT2D eigenvalue weighted by Crippen LogP contribution is 2.58. The molecule has 0 atom stereocenters. The minimum Gasteiger partial charge on any atom is -0.0654 e. The van der Waals surface area contributed by atoms with Crippen LogP contribution in [0.15, 0.2) is 109 Å². The van der Waals surface area contributed by atoms with Gasteiger partial charge in [-0.1, -0.05) is 161 Å². The third kappa shape index (κ3) is 7.50. The summed E-state index contributed by atoms with van der Waals surface area (Å²) in [5.41, 5.74) is 24.0. The van der Waals surface area contributed by atoms with Gasteiger partial charge >= 0.3 is 0 Å². The summed E-state index contributed by atoms with van der Waals surface area (Å²) < 4.78 is 0. The largest absolute Gasteiger partial charge is 0.0714 e. The molecule has 0 N–H and O–H groups in total. The highest BCUT2D eigenvalue weighted by atomic mass is 14.5. The van der Waals surface area contributed by atoms with Gasteiger partial charge in [0.1, 0.15) is 0 Å². The van der Waals surface area contributed by atoms with E-state index >= 15 is 0 Å². The predicted octanol–water partition coefficient (Wildman–Crippen LogP) is 15.5. The molecule has 1 aliphatic rings. The minimum atomic E-state index is -0.476. The van der Waals surface area contributed by atoms with Gasteiger partial charge in [-0.25, -0.2) is 0 Å². The molecule has 0 heterocycles. The van der Waals surface area contributed by atoms with Gasteiger partial charge in [-0.2, -0.15) is 0 Å². The average molecular weight is 723 g/mol. The molecule has 1 aliphatic carbocycles. The van der Waals surface area contributed by atoms with Gasteiger partial charge in [-0.05, 0) is 168 Å². The van der Waals surface area contributed by atoms with Gasteiger partial charge in [0.05, 0.1) is 5.41 Å². The molecule has 0 saturated carbocycles. The molecule has 0 amide bonds. The summed E-state index contributed by atoms with van der Waals surface area (Å²) in [6, 6.07) is 43.7. The van der Waals surface area contributed by atoms with Gasteiger partial charge in [0.15, 0.2) is 0 Å². The van der Waals surface area contributed by atoms with Crippen molar-refractivity contribution in [2.24, 2.45) is 0 Å².